The van der Waals surface area contributed by atoms with Gasteiger partial charge in [-0.2, -0.15) is 5.26 Å². The van der Waals surface area contributed by atoms with Crippen LogP contribution in [0.5, 0.6) is 11.5 Å². The van der Waals surface area contributed by atoms with E-state index >= 15 is 0 Å². The SMILES string of the molecule is COc1cc(/C=C(\C#N)C(=O)Nc2ccc(C)cc2C)ccc1OC(C)C. The molecule has 0 aliphatic carbocycles. The summed E-state index contributed by atoms with van der Waals surface area (Å²) in [6, 6.07) is 13.0. The average Bonchev–Trinajstić information content (AvgIpc) is 2.62. The fourth-order valence-electron chi connectivity index (χ4n) is 2.58. The molecule has 2 aromatic carbocycles. The van der Waals surface area contributed by atoms with Gasteiger partial charge >= 0.3 is 0 Å². The number of rotatable bonds is 6. The number of aryl methyl sites for hydroxylation is 2. The first kappa shape index (κ1) is 20.1. The fourth-order valence-corrected chi connectivity index (χ4v) is 2.58. The minimum Gasteiger partial charge on any atom is -0.493 e. The van der Waals surface area contributed by atoms with Crippen molar-refractivity contribution < 1.29 is 14.3 Å². The van der Waals surface area contributed by atoms with Gasteiger partial charge in [0, 0.05) is 5.69 Å². The molecule has 27 heavy (non-hydrogen) atoms. The second-order valence-electron chi connectivity index (χ2n) is 6.52. The molecule has 0 aromatic heterocycles. The first-order chi connectivity index (χ1) is 12.8. The molecule has 0 heterocycles. The zero-order chi connectivity index (χ0) is 20.0. The molecule has 0 unspecified atom stereocenters. The lowest BCUT2D eigenvalue weighted by Crippen LogP contribution is -2.14. The predicted molar refractivity (Wildman–Crippen MR) is 107 cm³/mol. The molecule has 2 rings (SSSR count). The molecular formula is C22H24N2O3. The van der Waals surface area contributed by atoms with Crippen LogP contribution < -0.4 is 14.8 Å². The van der Waals surface area contributed by atoms with E-state index in [4.69, 9.17) is 9.47 Å². The van der Waals surface area contributed by atoms with E-state index in [1.807, 2.05) is 52.0 Å². The fraction of sp³-hybridized carbons (Fsp3) is 0.273. The average molecular weight is 364 g/mol. The van der Waals surface area contributed by atoms with Gasteiger partial charge in [0.2, 0.25) is 0 Å². The molecule has 0 aliphatic rings. The number of methoxy groups -OCH3 is 1. The van der Waals surface area contributed by atoms with Gasteiger partial charge in [0.25, 0.3) is 5.91 Å². The quantitative estimate of drug-likeness (QED) is 0.598. The van der Waals surface area contributed by atoms with Crippen LogP contribution in [0.3, 0.4) is 0 Å². The molecule has 140 valence electrons. The predicted octanol–water partition coefficient (Wildman–Crippen LogP) is 4.64. The summed E-state index contributed by atoms with van der Waals surface area (Å²) in [5, 5.41) is 12.2. The summed E-state index contributed by atoms with van der Waals surface area (Å²) in [6.07, 6.45) is 1.54. The summed E-state index contributed by atoms with van der Waals surface area (Å²) in [6.45, 7) is 7.76. The molecule has 0 saturated heterocycles. The Hall–Kier alpha value is -3.26. The van der Waals surface area contributed by atoms with E-state index in [9.17, 15) is 10.1 Å². The number of benzene rings is 2. The van der Waals surface area contributed by atoms with Gasteiger partial charge in [-0.15, -0.1) is 0 Å². The lowest BCUT2D eigenvalue weighted by Gasteiger charge is -2.14. The number of carbonyl (C=O) groups is 1. The number of nitrogens with one attached hydrogen (secondary N) is 1. The maximum absolute atomic E-state index is 12.5. The van der Waals surface area contributed by atoms with Crippen LogP contribution in [-0.4, -0.2) is 19.1 Å². The molecule has 0 radical (unpaired) electrons. The lowest BCUT2D eigenvalue weighted by molar-refractivity contribution is -0.112. The highest BCUT2D eigenvalue weighted by Crippen LogP contribution is 2.30. The van der Waals surface area contributed by atoms with E-state index in [-0.39, 0.29) is 11.7 Å². The number of hydrogen-bond acceptors (Lipinski definition) is 4. The van der Waals surface area contributed by atoms with E-state index in [1.165, 1.54) is 6.08 Å². The van der Waals surface area contributed by atoms with Crippen molar-refractivity contribution in [2.75, 3.05) is 12.4 Å². The van der Waals surface area contributed by atoms with Crippen molar-refractivity contribution >= 4 is 17.7 Å². The van der Waals surface area contributed by atoms with Crippen LogP contribution in [0.15, 0.2) is 42.0 Å². The Bertz CT molecular complexity index is 908. The van der Waals surface area contributed by atoms with Gasteiger partial charge in [-0.05, 0) is 63.1 Å². The van der Waals surface area contributed by atoms with Gasteiger partial charge < -0.3 is 14.8 Å². The number of carbonyl (C=O) groups excluding carboxylic acids is 1. The second kappa shape index (κ2) is 8.91. The molecule has 2 aromatic rings. The third kappa shape index (κ3) is 5.35. The third-order valence-electron chi connectivity index (χ3n) is 3.86. The Labute approximate surface area is 160 Å². The van der Waals surface area contributed by atoms with Crippen molar-refractivity contribution in [3.8, 4) is 17.6 Å². The van der Waals surface area contributed by atoms with Crippen molar-refractivity contribution in [3.05, 3.63) is 58.7 Å². The summed E-state index contributed by atoms with van der Waals surface area (Å²) in [4.78, 5) is 12.5. The van der Waals surface area contributed by atoms with Crippen molar-refractivity contribution in [2.24, 2.45) is 0 Å². The smallest absolute Gasteiger partial charge is 0.266 e. The summed E-state index contributed by atoms with van der Waals surface area (Å²) >= 11 is 0. The molecule has 0 aliphatic heterocycles. The maximum atomic E-state index is 12.5. The van der Waals surface area contributed by atoms with Crippen LogP contribution in [0, 0.1) is 25.2 Å². The van der Waals surface area contributed by atoms with Crippen molar-refractivity contribution in [1.82, 2.24) is 0 Å². The maximum Gasteiger partial charge on any atom is 0.266 e. The summed E-state index contributed by atoms with van der Waals surface area (Å²) < 4.78 is 11.0. The summed E-state index contributed by atoms with van der Waals surface area (Å²) in [5.41, 5.74) is 3.42. The van der Waals surface area contributed by atoms with Crippen LogP contribution in [0.2, 0.25) is 0 Å². The van der Waals surface area contributed by atoms with E-state index < -0.39 is 5.91 Å². The van der Waals surface area contributed by atoms with Crippen LogP contribution >= 0.6 is 0 Å². The number of ether oxygens (including phenoxy) is 2. The van der Waals surface area contributed by atoms with Crippen molar-refractivity contribution in [3.63, 3.8) is 0 Å². The topological polar surface area (TPSA) is 71.3 Å². The zero-order valence-corrected chi connectivity index (χ0v) is 16.3. The molecule has 1 amide bonds. The van der Waals surface area contributed by atoms with Crippen LogP contribution in [0.25, 0.3) is 6.08 Å². The number of hydrogen-bond donors (Lipinski definition) is 1. The number of anilines is 1. The van der Waals surface area contributed by atoms with Crippen molar-refractivity contribution in [2.45, 2.75) is 33.8 Å². The van der Waals surface area contributed by atoms with E-state index in [0.29, 0.717) is 22.7 Å². The number of nitriles is 1. The monoisotopic (exact) mass is 364 g/mol. The van der Waals surface area contributed by atoms with Crippen LogP contribution in [0.1, 0.15) is 30.5 Å². The third-order valence-corrected chi connectivity index (χ3v) is 3.86. The van der Waals surface area contributed by atoms with Gasteiger partial charge in [-0.1, -0.05) is 23.8 Å². The van der Waals surface area contributed by atoms with Gasteiger partial charge in [0.15, 0.2) is 11.5 Å². The molecule has 0 fully saturated rings. The summed E-state index contributed by atoms with van der Waals surface area (Å²) in [7, 11) is 1.55. The number of nitrogens with zero attached hydrogens (tertiary/aromatic N) is 1. The standard InChI is InChI=1S/C22H24N2O3/c1-14(2)27-20-9-7-17(12-21(20)26-5)11-18(13-23)22(25)24-19-8-6-15(3)10-16(19)4/h6-12,14H,1-5H3,(H,24,25)/b18-11+. The Balaban J connectivity index is 2.26. The molecule has 0 saturated carbocycles. The van der Waals surface area contributed by atoms with E-state index in [2.05, 4.69) is 5.32 Å². The first-order valence-corrected chi connectivity index (χ1v) is 8.69. The minimum absolute atomic E-state index is 0.00885. The molecule has 5 nitrogen and oxygen atoms in total. The van der Waals surface area contributed by atoms with Crippen molar-refractivity contribution in [1.29, 1.82) is 5.26 Å². The normalized spacial score (nSPS) is 11.1. The highest BCUT2D eigenvalue weighted by Gasteiger charge is 2.12. The Morgan fingerprint density at radius 3 is 2.48 bits per heavy atom. The molecular weight excluding hydrogens is 340 g/mol. The highest BCUT2D eigenvalue weighted by molar-refractivity contribution is 6.10. The Morgan fingerprint density at radius 2 is 1.89 bits per heavy atom. The molecule has 0 bridgehead atoms. The highest BCUT2D eigenvalue weighted by atomic mass is 16.5. The van der Waals surface area contributed by atoms with Gasteiger partial charge in [0.1, 0.15) is 11.6 Å². The van der Waals surface area contributed by atoms with Crippen LogP contribution in [-0.2, 0) is 4.79 Å². The van der Waals surface area contributed by atoms with E-state index in [0.717, 1.165) is 11.1 Å². The second-order valence-corrected chi connectivity index (χ2v) is 6.52. The molecule has 0 atom stereocenters. The van der Waals surface area contributed by atoms with Gasteiger partial charge in [-0.3, -0.25) is 4.79 Å². The Kier molecular flexibility index (Phi) is 6.62. The zero-order valence-electron chi connectivity index (χ0n) is 16.3. The van der Waals surface area contributed by atoms with Gasteiger partial charge in [-0.25, -0.2) is 0 Å². The minimum atomic E-state index is -0.453. The number of amides is 1. The van der Waals surface area contributed by atoms with Gasteiger partial charge in [0.05, 0.1) is 13.2 Å². The largest absolute Gasteiger partial charge is 0.493 e. The van der Waals surface area contributed by atoms with E-state index in [1.54, 1.807) is 25.3 Å². The molecule has 1 N–H and O–H groups in total. The van der Waals surface area contributed by atoms with Crippen LogP contribution in [0.4, 0.5) is 5.69 Å². The first-order valence-electron chi connectivity index (χ1n) is 8.69. The Morgan fingerprint density at radius 1 is 1.15 bits per heavy atom. The lowest BCUT2D eigenvalue weighted by atomic mass is 10.1. The molecule has 0 spiro atoms. The molecule has 5 heteroatoms. The summed E-state index contributed by atoms with van der Waals surface area (Å²) in [5.74, 6) is 0.707.